The number of benzene rings is 2. The molecule has 7 nitrogen and oxygen atoms in total. The number of ether oxygens (including phenoxy) is 2. The monoisotopic (exact) mass is 434 g/mol. The zero-order valence-corrected chi connectivity index (χ0v) is 17.5. The van der Waals surface area contributed by atoms with Gasteiger partial charge < -0.3 is 18.3 Å². The summed E-state index contributed by atoms with van der Waals surface area (Å²) < 4.78 is 21.6. The van der Waals surface area contributed by atoms with Crippen molar-refractivity contribution in [3.63, 3.8) is 0 Å². The fourth-order valence-corrected chi connectivity index (χ4v) is 3.23. The van der Waals surface area contributed by atoms with Crippen molar-refractivity contribution in [1.29, 1.82) is 0 Å². The SMILES string of the molecule is CCOc1ccc(-c2nnc(SCC#CCOC(=O)c3cc4ccccc4o3)o2)cc1. The summed E-state index contributed by atoms with van der Waals surface area (Å²) in [5.41, 5.74) is 1.45. The molecule has 0 bridgehead atoms. The smallest absolute Gasteiger partial charge is 0.375 e. The van der Waals surface area contributed by atoms with Crippen molar-refractivity contribution in [2.24, 2.45) is 0 Å². The fourth-order valence-electron chi connectivity index (χ4n) is 2.70. The van der Waals surface area contributed by atoms with Crippen LogP contribution in [0.25, 0.3) is 22.4 Å². The number of para-hydroxylation sites is 1. The quantitative estimate of drug-likeness (QED) is 0.232. The van der Waals surface area contributed by atoms with Crippen LogP contribution in [0.3, 0.4) is 0 Å². The molecule has 4 rings (SSSR count). The summed E-state index contributed by atoms with van der Waals surface area (Å²) in [5, 5.41) is 9.32. The van der Waals surface area contributed by atoms with E-state index in [0.29, 0.717) is 29.1 Å². The Balaban J connectivity index is 1.23. The van der Waals surface area contributed by atoms with Gasteiger partial charge in [0.2, 0.25) is 11.7 Å². The normalized spacial score (nSPS) is 10.5. The van der Waals surface area contributed by atoms with Crippen LogP contribution in [-0.4, -0.2) is 35.1 Å². The molecule has 0 unspecified atom stereocenters. The van der Waals surface area contributed by atoms with Crippen LogP contribution in [0.2, 0.25) is 0 Å². The molecule has 0 N–H and O–H groups in total. The second-order valence-electron chi connectivity index (χ2n) is 6.20. The molecule has 4 aromatic rings. The Kier molecular flexibility index (Phi) is 6.55. The van der Waals surface area contributed by atoms with Crippen molar-refractivity contribution in [1.82, 2.24) is 10.2 Å². The molecule has 31 heavy (non-hydrogen) atoms. The predicted octanol–water partition coefficient (Wildman–Crippen LogP) is 4.83. The first-order chi connectivity index (χ1) is 15.2. The van der Waals surface area contributed by atoms with E-state index in [4.69, 9.17) is 18.3 Å². The Morgan fingerprint density at radius 3 is 2.71 bits per heavy atom. The first-order valence-electron chi connectivity index (χ1n) is 9.54. The van der Waals surface area contributed by atoms with Crippen LogP contribution in [0.15, 0.2) is 68.7 Å². The van der Waals surface area contributed by atoms with Gasteiger partial charge >= 0.3 is 5.97 Å². The van der Waals surface area contributed by atoms with Gasteiger partial charge in [-0.2, -0.15) is 0 Å². The second kappa shape index (κ2) is 9.87. The Bertz CT molecular complexity index is 1200. The summed E-state index contributed by atoms with van der Waals surface area (Å²) in [4.78, 5) is 12.0. The molecule has 0 spiro atoms. The number of hydrogen-bond donors (Lipinski definition) is 0. The minimum Gasteiger partial charge on any atom is -0.494 e. The van der Waals surface area contributed by atoms with Crippen molar-refractivity contribution in [2.45, 2.75) is 12.1 Å². The molecule has 0 saturated carbocycles. The zero-order valence-electron chi connectivity index (χ0n) is 16.7. The number of nitrogens with zero attached hydrogens (tertiary/aromatic N) is 2. The van der Waals surface area contributed by atoms with Gasteiger partial charge in [-0.1, -0.05) is 41.8 Å². The molecule has 0 radical (unpaired) electrons. The number of carbonyl (C=O) groups excluding carboxylic acids is 1. The van der Waals surface area contributed by atoms with E-state index in [1.807, 2.05) is 49.4 Å². The van der Waals surface area contributed by atoms with Gasteiger partial charge in [0.05, 0.1) is 12.4 Å². The van der Waals surface area contributed by atoms with Crippen LogP contribution in [0, 0.1) is 11.8 Å². The van der Waals surface area contributed by atoms with E-state index >= 15 is 0 Å². The van der Waals surface area contributed by atoms with Crippen LogP contribution in [-0.2, 0) is 4.74 Å². The predicted molar refractivity (Wildman–Crippen MR) is 116 cm³/mol. The molecule has 2 aromatic carbocycles. The number of hydrogen-bond acceptors (Lipinski definition) is 8. The summed E-state index contributed by atoms with van der Waals surface area (Å²) in [5.74, 6) is 6.94. The molecule has 8 heteroatoms. The van der Waals surface area contributed by atoms with Gasteiger partial charge in [0.1, 0.15) is 11.3 Å². The second-order valence-corrected chi connectivity index (χ2v) is 7.12. The summed E-state index contributed by atoms with van der Waals surface area (Å²) in [7, 11) is 0. The number of fused-ring (bicyclic) bond motifs is 1. The molecule has 0 amide bonds. The number of aromatic nitrogens is 2. The van der Waals surface area contributed by atoms with Crippen LogP contribution in [0.5, 0.6) is 5.75 Å². The summed E-state index contributed by atoms with van der Waals surface area (Å²) in [6.45, 7) is 2.52. The highest BCUT2D eigenvalue weighted by atomic mass is 32.2. The minimum absolute atomic E-state index is 0.0301. The van der Waals surface area contributed by atoms with Gasteiger partial charge in [-0.3, -0.25) is 0 Å². The number of esters is 1. The van der Waals surface area contributed by atoms with Gasteiger partial charge in [0, 0.05) is 10.9 Å². The van der Waals surface area contributed by atoms with Gasteiger partial charge in [0.15, 0.2) is 6.61 Å². The molecular weight excluding hydrogens is 416 g/mol. The van der Waals surface area contributed by atoms with Crippen LogP contribution < -0.4 is 4.74 Å². The Hall–Kier alpha value is -3.70. The molecule has 2 aromatic heterocycles. The van der Waals surface area contributed by atoms with E-state index in [1.165, 1.54) is 11.8 Å². The maximum Gasteiger partial charge on any atom is 0.375 e. The van der Waals surface area contributed by atoms with E-state index in [2.05, 4.69) is 22.0 Å². The standard InChI is InChI=1S/C23H18N2O5S/c1-2-27-18-11-9-16(10-12-18)21-24-25-23(30-21)31-14-6-5-13-28-22(26)20-15-17-7-3-4-8-19(17)29-20/h3-4,7-12,15H,2,13-14H2,1H3. The largest absolute Gasteiger partial charge is 0.494 e. The molecule has 0 aliphatic carbocycles. The van der Waals surface area contributed by atoms with Crippen molar-refractivity contribution in [3.8, 4) is 29.0 Å². The highest BCUT2D eigenvalue weighted by Crippen LogP contribution is 2.24. The Morgan fingerprint density at radius 1 is 1.06 bits per heavy atom. The van der Waals surface area contributed by atoms with E-state index in [-0.39, 0.29) is 12.4 Å². The third-order valence-corrected chi connectivity index (χ3v) is 4.81. The number of furan rings is 1. The third-order valence-electron chi connectivity index (χ3n) is 4.11. The molecule has 2 heterocycles. The average Bonchev–Trinajstić information content (AvgIpc) is 3.44. The van der Waals surface area contributed by atoms with Crippen molar-refractivity contribution >= 4 is 28.7 Å². The fraction of sp³-hybridized carbons (Fsp3) is 0.174. The van der Waals surface area contributed by atoms with E-state index in [1.54, 1.807) is 12.1 Å². The number of rotatable bonds is 7. The lowest BCUT2D eigenvalue weighted by Crippen LogP contribution is -2.03. The van der Waals surface area contributed by atoms with Crippen molar-refractivity contribution in [2.75, 3.05) is 19.0 Å². The number of carbonyl (C=O) groups is 1. The van der Waals surface area contributed by atoms with Crippen LogP contribution in [0.1, 0.15) is 17.5 Å². The van der Waals surface area contributed by atoms with Gasteiger partial charge in [-0.15, -0.1) is 10.2 Å². The van der Waals surface area contributed by atoms with Crippen molar-refractivity contribution in [3.05, 3.63) is 60.4 Å². The average molecular weight is 434 g/mol. The molecule has 0 saturated heterocycles. The van der Waals surface area contributed by atoms with E-state index in [9.17, 15) is 4.79 Å². The van der Waals surface area contributed by atoms with Crippen LogP contribution in [0.4, 0.5) is 0 Å². The first kappa shape index (κ1) is 20.6. The van der Waals surface area contributed by atoms with Gasteiger partial charge in [0.25, 0.3) is 5.22 Å². The lowest BCUT2D eigenvalue weighted by Gasteiger charge is -2.02. The summed E-state index contributed by atoms with van der Waals surface area (Å²) in [6, 6.07) is 16.5. The molecule has 0 atom stereocenters. The molecule has 0 aliphatic rings. The van der Waals surface area contributed by atoms with E-state index < -0.39 is 5.97 Å². The molecule has 156 valence electrons. The maximum atomic E-state index is 12.0. The van der Waals surface area contributed by atoms with Gasteiger partial charge in [-0.05, 0) is 43.3 Å². The third kappa shape index (κ3) is 5.27. The van der Waals surface area contributed by atoms with Gasteiger partial charge in [-0.25, -0.2) is 4.79 Å². The zero-order chi connectivity index (χ0) is 21.5. The summed E-state index contributed by atoms with van der Waals surface area (Å²) >= 11 is 1.31. The Morgan fingerprint density at radius 2 is 1.90 bits per heavy atom. The molecular formula is C23H18N2O5S. The maximum absolute atomic E-state index is 12.0. The highest BCUT2D eigenvalue weighted by Gasteiger charge is 2.13. The lowest BCUT2D eigenvalue weighted by atomic mass is 10.2. The highest BCUT2D eigenvalue weighted by molar-refractivity contribution is 7.99. The number of thioether (sulfide) groups is 1. The summed E-state index contributed by atoms with van der Waals surface area (Å²) in [6.07, 6.45) is 0. The Labute approximate surface area is 182 Å². The lowest BCUT2D eigenvalue weighted by molar-refractivity contribution is 0.0523. The molecule has 0 fully saturated rings. The minimum atomic E-state index is -0.546. The first-order valence-corrected chi connectivity index (χ1v) is 10.5. The van der Waals surface area contributed by atoms with Crippen LogP contribution >= 0.6 is 11.8 Å². The van der Waals surface area contributed by atoms with Crippen molar-refractivity contribution < 1.29 is 23.1 Å². The molecule has 0 aliphatic heterocycles. The van der Waals surface area contributed by atoms with E-state index in [0.717, 1.165) is 16.7 Å². The topological polar surface area (TPSA) is 87.6 Å².